The highest BCUT2D eigenvalue weighted by atomic mass is 19.4. The van der Waals surface area contributed by atoms with Crippen molar-refractivity contribution in [1.82, 2.24) is 0 Å². The number of benzene rings is 1. The maximum absolute atomic E-state index is 12.5. The van der Waals surface area contributed by atoms with E-state index in [4.69, 9.17) is 5.11 Å². The number of halogens is 3. The summed E-state index contributed by atoms with van der Waals surface area (Å²) >= 11 is 0. The van der Waals surface area contributed by atoms with Crippen molar-refractivity contribution >= 4 is 11.7 Å². The fourth-order valence-electron chi connectivity index (χ4n) is 1.83. The van der Waals surface area contributed by atoms with E-state index in [0.29, 0.717) is 5.69 Å². The van der Waals surface area contributed by atoms with Gasteiger partial charge < -0.3 is 10.0 Å². The van der Waals surface area contributed by atoms with Crippen LogP contribution >= 0.6 is 0 Å². The van der Waals surface area contributed by atoms with Crippen molar-refractivity contribution in [3.8, 4) is 0 Å². The van der Waals surface area contributed by atoms with Crippen LogP contribution in [-0.4, -0.2) is 23.7 Å². The molecule has 0 aliphatic heterocycles. The van der Waals surface area contributed by atoms with E-state index in [0.717, 1.165) is 12.1 Å². The lowest BCUT2D eigenvalue weighted by Crippen LogP contribution is -2.37. The molecule has 20 heavy (non-hydrogen) atoms. The number of hydrogen-bond donors (Lipinski definition) is 1. The lowest BCUT2D eigenvalue weighted by atomic mass is 10.1. The standard InChI is InChI=1S/C14H18F3NO2/c1-9(2)18(8-10(3)13(19)20)12-6-4-11(5-7-12)14(15,16)17/h4-7,9-10H,8H2,1-3H3,(H,19,20). The third-order valence-electron chi connectivity index (χ3n) is 3.04. The summed E-state index contributed by atoms with van der Waals surface area (Å²) in [6, 6.07) is 4.76. The Morgan fingerprint density at radius 2 is 1.70 bits per heavy atom. The third kappa shape index (κ3) is 4.15. The number of aliphatic carboxylic acids is 1. The first-order valence-electron chi connectivity index (χ1n) is 6.29. The summed E-state index contributed by atoms with van der Waals surface area (Å²) in [6.45, 7) is 5.55. The molecule has 1 unspecified atom stereocenters. The molecular weight excluding hydrogens is 271 g/mol. The molecule has 6 heteroatoms. The van der Waals surface area contributed by atoms with Crippen molar-refractivity contribution in [3.63, 3.8) is 0 Å². The van der Waals surface area contributed by atoms with Gasteiger partial charge in [-0.15, -0.1) is 0 Å². The molecule has 1 rings (SSSR count). The van der Waals surface area contributed by atoms with Crippen LogP contribution in [0.25, 0.3) is 0 Å². The molecule has 1 N–H and O–H groups in total. The van der Waals surface area contributed by atoms with E-state index in [1.54, 1.807) is 11.8 Å². The zero-order chi connectivity index (χ0) is 15.5. The van der Waals surface area contributed by atoms with Gasteiger partial charge in [-0.05, 0) is 38.1 Å². The maximum Gasteiger partial charge on any atom is 0.416 e. The topological polar surface area (TPSA) is 40.5 Å². The Labute approximate surface area is 116 Å². The van der Waals surface area contributed by atoms with Crippen LogP contribution in [-0.2, 0) is 11.0 Å². The highest BCUT2D eigenvalue weighted by molar-refractivity contribution is 5.70. The Hall–Kier alpha value is -1.72. The predicted molar refractivity (Wildman–Crippen MR) is 70.7 cm³/mol. The normalized spacial score (nSPS) is 13.3. The molecule has 0 aliphatic carbocycles. The lowest BCUT2D eigenvalue weighted by Gasteiger charge is -2.30. The van der Waals surface area contributed by atoms with Crippen LogP contribution in [0, 0.1) is 5.92 Å². The first-order valence-corrected chi connectivity index (χ1v) is 6.29. The van der Waals surface area contributed by atoms with Crippen LogP contribution in [0.4, 0.5) is 18.9 Å². The summed E-state index contributed by atoms with van der Waals surface area (Å²) in [5, 5.41) is 8.93. The van der Waals surface area contributed by atoms with Gasteiger partial charge in [0.1, 0.15) is 0 Å². The summed E-state index contributed by atoms with van der Waals surface area (Å²) in [5.74, 6) is -1.53. The maximum atomic E-state index is 12.5. The van der Waals surface area contributed by atoms with E-state index >= 15 is 0 Å². The van der Waals surface area contributed by atoms with E-state index in [9.17, 15) is 18.0 Å². The minimum atomic E-state index is -4.37. The van der Waals surface area contributed by atoms with Crippen LogP contribution < -0.4 is 4.90 Å². The Kier molecular flexibility index (Phi) is 5.03. The number of rotatable bonds is 5. The highest BCUT2D eigenvalue weighted by Crippen LogP contribution is 2.31. The molecule has 0 amide bonds. The second-order valence-corrected chi connectivity index (χ2v) is 5.03. The first kappa shape index (κ1) is 16.3. The summed E-state index contributed by atoms with van der Waals surface area (Å²) in [6.07, 6.45) is -4.37. The summed E-state index contributed by atoms with van der Waals surface area (Å²) < 4.78 is 37.5. The largest absolute Gasteiger partial charge is 0.481 e. The molecule has 0 saturated carbocycles. The number of carboxylic acid groups (broad SMARTS) is 1. The van der Waals surface area contributed by atoms with Gasteiger partial charge in [0.15, 0.2) is 0 Å². The zero-order valence-corrected chi connectivity index (χ0v) is 11.6. The van der Waals surface area contributed by atoms with Crippen molar-refractivity contribution in [2.24, 2.45) is 5.92 Å². The van der Waals surface area contributed by atoms with E-state index in [1.807, 2.05) is 13.8 Å². The van der Waals surface area contributed by atoms with Gasteiger partial charge >= 0.3 is 12.1 Å². The molecule has 0 radical (unpaired) electrons. The average molecular weight is 289 g/mol. The minimum absolute atomic E-state index is 0.00598. The van der Waals surface area contributed by atoms with Gasteiger partial charge in [-0.25, -0.2) is 0 Å². The Bertz CT molecular complexity index is 454. The number of carboxylic acids is 1. The number of carbonyl (C=O) groups is 1. The summed E-state index contributed by atoms with van der Waals surface area (Å²) in [5.41, 5.74) is -0.127. The molecule has 3 nitrogen and oxygen atoms in total. The number of anilines is 1. The van der Waals surface area contributed by atoms with E-state index < -0.39 is 23.6 Å². The van der Waals surface area contributed by atoms with Crippen LogP contribution in [0.2, 0.25) is 0 Å². The minimum Gasteiger partial charge on any atom is -0.481 e. The molecule has 0 aromatic heterocycles. The van der Waals surface area contributed by atoms with Crippen molar-refractivity contribution in [2.45, 2.75) is 33.0 Å². The predicted octanol–water partition coefficient (Wildman–Crippen LogP) is 3.64. The van der Waals surface area contributed by atoms with Gasteiger partial charge in [-0.1, -0.05) is 6.92 Å². The summed E-state index contributed by atoms with van der Waals surface area (Å²) in [7, 11) is 0. The van der Waals surface area contributed by atoms with Gasteiger partial charge in [0.2, 0.25) is 0 Å². The second kappa shape index (κ2) is 6.15. The smallest absolute Gasteiger partial charge is 0.416 e. The highest BCUT2D eigenvalue weighted by Gasteiger charge is 2.30. The quantitative estimate of drug-likeness (QED) is 0.899. The van der Waals surface area contributed by atoms with Crippen LogP contribution in [0.3, 0.4) is 0 Å². The monoisotopic (exact) mass is 289 g/mol. The van der Waals surface area contributed by atoms with Crippen molar-refractivity contribution in [3.05, 3.63) is 29.8 Å². The van der Waals surface area contributed by atoms with Gasteiger partial charge in [-0.3, -0.25) is 4.79 Å². The van der Waals surface area contributed by atoms with Crippen molar-refractivity contribution in [1.29, 1.82) is 0 Å². The SMILES string of the molecule is CC(CN(c1ccc(C(F)(F)F)cc1)C(C)C)C(=O)O. The molecule has 0 fully saturated rings. The fraction of sp³-hybridized carbons (Fsp3) is 0.500. The van der Waals surface area contributed by atoms with E-state index in [-0.39, 0.29) is 12.6 Å². The summed E-state index contributed by atoms with van der Waals surface area (Å²) in [4.78, 5) is 12.7. The molecule has 112 valence electrons. The van der Waals surface area contributed by atoms with E-state index in [2.05, 4.69) is 0 Å². The fourth-order valence-corrected chi connectivity index (χ4v) is 1.83. The molecule has 1 aromatic carbocycles. The van der Waals surface area contributed by atoms with Crippen LogP contribution in [0.15, 0.2) is 24.3 Å². The van der Waals surface area contributed by atoms with Gasteiger partial charge in [0, 0.05) is 18.3 Å². The average Bonchev–Trinajstić information content (AvgIpc) is 2.34. The third-order valence-corrected chi connectivity index (χ3v) is 3.04. The lowest BCUT2D eigenvalue weighted by molar-refractivity contribution is -0.141. The Morgan fingerprint density at radius 3 is 2.05 bits per heavy atom. The van der Waals surface area contributed by atoms with Gasteiger partial charge in [0.05, 0.1) is 11.5 Å². The van der Waals surface area contributed by atoms with E-state index in [1.165, 1.54) is 12.1 Å². The van der Waals surface area contributed by atoms with Crippen molar-refractivity contribution < 1.29 is 23.1 Å². The number of nitrogens with zero attached hydrogens (tertiary/aromatic N) is 1. The number of alkyl halides is 3. The van der Waals surface area contributed by atoms with Crippen molar-refractivity contribution in [2.75, 3.05) is 11.4 Å². The Balaban J connectivity index is 2.96. The zero-order valence-electron chi connectivity index (χ0n) is 11.6. The van der Waals surface area contributed by atoms with Gasteiger partial charge in [0.25, 0.3) is 0 Å². The first-order chi connectivity index (χ1) is 9.12. The van der Waals surface area contributed by atoms with Gasteiger partial charge in [-0.2, -0.15) is 13.2 Å². The molecule has 0 heterocycles. The molecule has 0 spiro atoms. The molecule has 1 atom stereocenters. The van der Waals surface area contributed by atoms with Crippen LogP contribution in [0.1, 0.15) is 26.3 Å². The molecule has 0 saturated heterocycles. The molecule has 0 bridgehead atoms. The number of hydrogen-bond acceptors (Lipinski definition) is 2. The van der Waals surface area contributed by atoms with Crippen LogP contribution in [0.5, 0.6) is 0 Å². The molecule has 1 aromatic rings. The molecule has 0 aliphatic rings. The second-order valence-electron chi connectivity index (χ2n) is 5.03. The Morgan fingerprint density at radius 1 is 1.20 bits per heavy atom. The molecular formula is C14H18F3NO2.